The quantitative estimate of drug-likeness (QED) is 0.561. The van der Waals surface area contributed by atoms with Crippen LogP contribution in [-0.4, -0.2) is 50.0 Å². The van der Waals surface area contributed by atoms with E-state index in [4.69, 9.17) is 4.74 Å². The molecule has 1 N–H and O–H groups in total. The fourth-order valence-electron chi connectivity index (χ4n) is 4.02. The maximum atomic E-state index is 12.9. The lowest BCUT2D eigenvalue weighted by Crippen LogP contribution is -2.44. The number of anilines is 1. The first-order valence-electron chi connectivity index (χ1n) is 11.4. The summed E-state index contributed by atoms with van der Waals surface area (Å²) in [4.78, 5) is 24.8. The van der Waals surface area contributed by atoms with E-state index in [9.17, 15) is 18.0 Å². The van der Waals surface area contributed by atoms with Gasteiger partial charge < -0.3 is 10.1 Å². The van der Waals surface area contributed by atoms with E-state index in [0.29, 0.717) is 50.1 Å². The molecule has 1 aliphatic rings. The first-order valence-corrected chi connectivity index (χ1v) is 13.0. The summed E-state index contributed by atoms with van der Waals surface area (Å²) in [5.41, 5.74) is 2.90. The molecule has 0 aromatic heterocycles. The van der Waals surface area contributed by atoms with Crippen LogP contribution in [0.4, 0.5) is 5.69 Å². The molecule has 178 valence electrons. The fourth-order valence-corrected chi connectivity index (χ4v) is 5.60. The Bertz CT molecular complexity index is 1070. The molecule has 0 bridgehead atoms. The Morgan fingerprint density at radius 2 is 1.91 bits per heavy atom. The minimum atomic E-state index is -3.42. The smallest absolute Gasteiger partial charge is 0.338 e. The summed E-state index contributed by atoms with van der Waals surface area (Å²) >= 11 is 0. The largest absolute Gasteiger partial charge is 0.462 e. The second-order valence-corrected chi connectivity index (χ2v) is 10.4. The van der Waals surface area contributed by atoms with Crippen LogP contribution in [0.1, 0.15) is 47.7 Å². The zero-order valence-corrected chi connectivity index (χ0v) is 20.1. The number of sulfonamides is 1. The van der Waals surface area contributed by atoms with Gasteiger partial charge in [-0.3, -0.25) is 4.79 Å². The van der Waals surface area contributed by atoms with Crippen LogP contribution in [0.15, 0.2) is 48.5 Å². The number of benzene rings is 2. The summed E-state index contributed by atoms with van der Waals surface area (Å²) in [6.45, 7) is 4.49. The molecule has 1 heterocycles. The molecule has 1 amide bonds. The fraction of sp³-hybridized carbons (Fsp3) is 0.440. The van der Waals surface area contributed by atoms with Gasteiger partial charge in [0, 0.05) is 18.8 Å². The summed E-state index contributed by atoms with van der Waals surface area (Å²) in [6, 6.07) is 14.8. The molecule has 2 aromatic carbocycles. The van der Waals surface area contributed by atoms with Gasteiger partial charge in [0.15, 0.2) is 0 Å². The number of hydrogen-bond acceptors (Lipinski definition) is 5. The second kappa shape index (κ2) is 11.4. The Labute approximate surface area is 196 Å². The van der Waals surface area contributed by atoms with Crippen molar-refractivity contribution in [1.82, 2.24) is 4.31 Å². The molecule has 1 fully saturated rings. The summed E-state index contributed by atoms with van der Waals surface area (Å²) in [7, 11) is -3.42. The molecule has 1 saturated heterocycles. The second-order valence-electron chi connectivity index (χ2n) is 8.34. The van der Waals surface area contributed by atoms with Crippen molar-refractivity contribution in [2.75, 3.05) is 30.8 Å². The highest BCUT2D eigenvalue weighted by Crippen LogP contribution is 2.24. The molecule has 1 aliphatic heterocycles. The minimum Gasteiger partial charge on any atom is -0.462 e. The molecule has 2 aromatic rings. The normalized spacial score (nSPS) is 16.8. The molecule has 7 nitrogen and oxygen atoms in total. The minimum absolute atomic E-state index is 0.0741. The zero-order valence-electron chi connectivity index (χ0n) is 19.2. The van der Waals surface area contributed by atoms with Gasteiger partial charge in [-0.25, -0.2) is 17.5 Å². The standard InChI is InChI=1S/C25H32N2O5S/c1-3-32-25(29)21-13-14-23(19(2)17-21)26-24(28)22-12-7-15-27(18-22)33(30,31)16-8-11-20-9-5-4-6-10-20/h4-6,9-10,13-14,17,22H,3,7-8,11-12,15-16,18H2,1-2H3,(H,26,28)/t22-/m1/s1. The summed E-state index contributed by atoms with van der Waals surface area (Å²) in [5, 5.41) is 2.90. The maximum absolute atomic E-state index is 12.9. The third-order valence-corrected chi connectivity index (χ3v) is 7.78. The van der Waals surface area contributed by atoms with Gasteiger partial charge in [-0.15, -0.1) is 0 Å². The first-order chi connectivity index (χ1) is 15.8. The molecular formula is C25H32N2O5S. The Morgan fingerprint density at radius 1 is 1.15 bits per heavy atom. The van der Waals surface area contributed by atoms with Crippen molar-refractivity contribution in [2.45, 2.75) is 39.5 Å². The Hall–Kier alpha value is -2.71. The van der Waals surface area contributed by atoms with Gasteiger partial charge in [0.25, 0.3) is 0 Å². The van der Waals surface area contributed by atoms with Gasteiger partial charge >= 0.3 is 5.97 Å². The zero-order chi connectivity index (χ0) is 23.8. The molecule has 0 aliphatic carbocycles. The number of carbonyl (C=O) groups is 2. The number of nitrogens with one attached hydrogen (secondary N) is 1. The number of piperidine rings is 1. The Morgan fingerprint density at radius 3 is 2.61 bits per heavy atom. The lowest BCUT2D eigenvalue weighted by atomic mass is 9.98. The van der Waals surface area contributed by atoms with Gasteiger partial charge in [-0.1, -0.05) is 30.3 Å². The van der Waals surface area contributed by atoms with Gasteiger partial charge in [0.2, 0.25) is 15.9 Å². The molecule has 0 saturated carbocycles. The molecule has 1 atom stereocenters. The Balaban J connectivity index is 1.57. The van der Waals surface area contributed by atoms with Crippen LogP contribution in [0.2, 0.25) is 0 Å². The van der Waals surface area contributed by atoms with E-state index < -0.39 is 21.9 Å². The molecule has 0 unspecified atom stereocenters. The van der Waals surface area contributed by atoms with Crippen LogP contribution in [0, 0.1) is 12.8 Å². The molecular weight excluding hydrogens is 440 g/mol. The van der Waals surface area contributed by atoms with Gasteiger partial charge in [0.1, 0.15) is 0 Å². The van der Waals surface area contributed by atoms with Crippen LogP contribution < -0.4 is 5.32 Å². The topological polar surface area (TPSA) is 92.8 Å². The van der Waals surface area contributed by atoms with Crippen LogP contribution in [0.25, 0.3) is 0 Å². The van der Waals surface area contributed by atoms with E-state index in [0.717, 1.165) is 11.1 Å². The van der Waals surface area contributed by atoms with E-state index >= 15 is 0 Å². The number of carbonyl (C=O) groups excluding carboxylic acids is 2. The van der Waals surface area contributed by atoms with Crippen LogP contribution >= 0.6 is 0 Å². The highest BCUT2D eigenvalue weighted by molar-refractivity contribution is 7.89. The highest BCUT2D eigenvalue weighted by Gasteiger charge is 2.32. The van der Waals surface area contributed by atoms with Gasteiger partial charge in [-0.2, -0.15) is 0 Å². The Kier molecular flexibility index (Phi) is 8.63. The SMILES string of the molecule is CCOC(=O)c1ccc(NC(=O)[C@@H]2CCCN(S(=O)(=O)CCCc3ccccc3)C2)c(C)c1. The predicted octanol–water partition coefficient (Wildman–Crippen LogP) is 3.78. The van der Waals surface area contributed by atoms with Crippen molar-refractivity contribution in [3.63, 3.8) is 0 Å². The van der Waals surface area contributed by atoms with Crippen molar-refractivity contribution >= 4 is 27.6 Å². The summed E-state index contributed by atoms with van der Waals surface area (Å²) < 4.78 is 32.2. The van der Waals surface area contributed by atoms with Gasteiger partial charge in [-0.05, 0) is 68.9 Å². The van der Waals surface area contributed by atoms with Gasteiger partial charge in [0.05, 0.1) is 23.8 Å². The predicted molar refractivity (Wildman–Crippen MR) is 129 cm³/mol. The maximum Gasteiger partial charge on any atom is 0.338 e. The van der Waals surface area contributed by atoms with Crippen molar-refractivity contribution < 1.29 is 22.7 Å². The van der Waals surface area contributed by atoms with Crippen molar-refractivity contribution in [3.8, 4) is 0 Å². The summed E-state index contributed by atoms with van der Waals surface area (Å²) in [5.74, 6) is -0.943. The molecule has 3 rings (SSSR count). The monoisotopic (exact) mass is 472 g/mol. The number of rotatable bonds is 9. The number of amides is 1. The van der Waals surface area contributed by atoms with Crippen molar-refractivity contribution in [1.29, 1.82) is 0 Å². The van der Waals surface area contributed by atoms with Crippen molar-refractivity contribution in [2.24, 2.45) is 5.92 Å². The van der Waals surface area contributed by atoms with E-state index in [1.54, 1.807) is 25.1 Å². The number of aryl methyl sites for hydroxylation is 2. The third-order valence-electron chi connectivity index (χ3n) is 5.85. The third kappa shape index (κ3) is 6.88. The van der Waals surface area contributed by atoms with E-state index in [2.05, 4.69) is 5.32 Å². The average molecular weight is 473 g/mol. The van der Waals surface area contributed by atoms with E-state index in [-0.39, 0.29) is 18.2 Å². The first kappa shape index (κ1) is 24.9. The number of nitrogens with zero attached hydrogens (tertiary/aromatic N) is 1. The van der Waals surface area contributed by atoms with Crippen LogP contribution in [-0.2, 0) is 26.0 Å². The lowest BCUT2D eigenvalue weighted by molar-refractivity contribution is -0.120. The van der Waals surface area contributed by atoms with Crippen molar-refractivity contribution in [3.05, 3.63) is 65.2 Å². The number of esters is 1. The van der Waals surface area contributed by atoms with E-state index in [1.807, 2.05) is 37.3 Å². The van der Waals surface area contributed by atoms with E-state index in [1.165, 1.54) is 4.31 Å². The average Bonchev–Trinajstić information content (AvgIpc) is 2.81. The highest BCUT2D eigenvalue weighted by atomic mass is 32.2. The number of hydrogen-bond donors (Lipinski definition) is 1. The summed E-state index contributed by atoms with van der Waals surface area (Å²) in [6.07, 6.45) is 2.54. The molecule has 33 heavy (non-hydrogen) atoms. The lowest BCUT2D eigenvalue weighted by Gasteiger charge is -2.31. The molecule has 8 heteroatoms. The van der Waals surface area contributed by atoms with Crippen LogP contribution in [0.3, 0.4) is 0 Å². The number of ether oxygens (including phenoxy) is 1. The molecule has 0 radical (unpaired) electrons. The molecule has 0 spiro atoms. The van der Waals surface area contributed by atoms with Crippen LogP contribution in [0.5, 0.6) is 0 Å².